The van der Waals surface area contributed by atoms with E-state index in [9.17, 15) is 0 Å². The van der Waals surface area contributed by atoms with Crippen LogP contribution in [0.4, 0.5) is 0 Å². The molecule has 4 aromatic carbocycles. The third-order valence-electron chi connectivity index (χ3n) is 7.93. The van der Waals surface area contributed by atoms with Crippen molar-refractivity contribution in [3.8, 4) is 11.4 Å². The van der Waals surface area contributed by atoms with Crippen LogP contribution in [0.25, 0.3) is 66.2 Å². The standard InChI is InChI=1S/C34H24N4/c1-21-24-14-6-9-17-28(24)37-30-19-11-8-16-26(30)27-20-35-33(23-12-4-3-5-13-23)36-34(27)38-29-18-10-7-15-25(29)22(2)32(38)31(21)37/h3-20H,1-2H3. The van der Waals surface area contributed by atoms with E-state index < -0.39 is 0 Å². The fourth-order valence-corrected chi connectivity index (χ4v) is 6.20. The van der Waals surface area contributed by atoms with Crippen molar-refractivity contribution in [3.05, 3.63) is 120 Å². The zero-order valence-corrected chi connectivity index (χ0v) is 21.2. The predicted molar refractivity (Wildman–Crippen MR) is 158 cm³/mol. The molecule has 0 fully saturated rings. The number of hydrogen-bond donors (Lipinski definition) is 0. The number of aromatic nitrogens is 4. The van der Waals surface area contributed by atoms with Crippen LogP contribution in [0.2, 0.25) is 0 Å². The number of hydrogen-bond acceptors (Lipinski definition) is 2. The molecule has 8 rings (SSSR count). The summed E-state index contributed by atoms with van der Waals surface area (Å²) in [5, 5.41) is 4.62. The van der Waals surface area contributed by atoms with Gasteiger partial charge in [-0.05, 0) is 43.2 Å². The summed E-state index contributed by atoms with van der Waals surface area (Å²) in [6.45, 7) is 4.48. The second-order valence-corrected chi connectivity index (χ2v) is 9.97. The summed E-state index contributed by atoms with van der Waals surface area (Å²) in [7, 11) is 0. The Balaban J connectivity index is 1.79. The van der Waals surface area contributed by atoms with E-state index in [1.807, 2.05) is 24.4 Å². The number of rotatable bonds is 1. The van der Waals surface area contributed by atoms with Crippen molar-refractivity contribution in [2.24, 2.45) is 0 Å². The van der Waals surface area contributed by atoms with Crippen LogP contribution in [-0.4, -0.2) is 18.8 Å². The van der Waals surface area contributed by atoms with E-state index in [2.05, 4.69) is 108 Å². The third kappa shape index (κ3) is 2.74. The minimum atomic E-state index is 0.723. The van der Waals surface area contributed by atoms with Crippen LogP contribution < -0.4 is 0 Å². The van der Waals surface area contributed by atoms with E-state index in [1.54, 1.807) is 0 Å². The van der Waals surface area contributed by atoms with Gasteiger partial charge in [-0.15, -0.1) is 0 Å². The molecule has 0 aliphatic heterocycles. The molecule has 0 N–H and O–H groups in total. The number of fused-ring (bicyclic) bond motifs is 12. The Morgan fingerprint density at radius 3 is 1.66 bits per heavy atom. The number of aryl methyl sites for hydroxylation is 2. The monoisotopic (exact) mass is 488 g/mol. The molecule has 8 aromatic rings. The Morgan fingerprint density at radius 1 is 0.500 bits per heavy atom. The third-order valence-corrected chi connectivity index (χ3v) is 7.93. The Bertz CT molecular complexity index is 2250. The van der Waals surface area contributed by atoms with Gasteiger partial charge >= 0.3 is 0 Å². The van der Waals surface area contributed by atoms with Gasteiger partial charge in [0, 0.05) is 33.3 Å². The van der Waals surface area contributed by atoms with Crippen molar-refractivity contribution in [3.63, 3.8) is 0 Å². The average molecular weight is 489 g/mol. The van der Waals surface area contributed by atoms with Gasteiger partial charge in [0.05, 0.1) is 27.6 Å². The minimum absolute atomic E-state index is 0.723. The molecule has 180 valence electrons. The van der Waals surface area contributed by atoms with Crippen molar-refractivity contribution in [1.82, 2.24) is 18.8 Å². The highest BCUT2D eigenvalue weighted by atomic mass is 15.0. The van der Waals surface area contributed by atoms with Crippen LogP contribution in [0.3, 0.4) is 0 Å². The first-order valence-electron chi connectivity index (χ1n) is 13.0. The van der Waals surface area contributed by atoms with Gasteiger partial charge in [-0.2, -0.15) is 0 Å². The first kappa shape index (κ1) is 21.2. The van der Waals surface area contributed by atoms with Gasteiger partial charge in [0.1, 0.15) is 5.65 Å². The largest absolute Gasteiger partial charge is 0.307 e. The van der Waals surface area contributed by atoms with Gasteiger partial charge in [0.15, 0.2) is 5.82 Å². The first-order chi connectivity index (χ1) is 18.7. The lowest BCUT2D eigenvalue weighted by molar-refractivity contribution is 1.17. The van der Waals surface area contributed by atoms with Gasteiger partial charge < -0.3 is 4.40 Å². The molecule has 0 radical (unpaired) electrons. The zero-order valence-electron chi connectivity index (χ0n) is 21.2. The molecule has 4 nitrogen and oxygen atoms in total. The van der Waals surface area contributed by atoms with Gasteiger partial charge in [0.25, 0.3) is 0 Å². The quantitative estimate of drug-likeness (QED) is 0.232. The van der Waals surface area contributed by atoms with Crippen molar-refractivity contribution in [2.45, 2.75) is 13.8 Å². The van der Waals surface area contributed by atoms with Crippen LogP contribution in [0.5, 0.6) is 0 Å². The molecule has 4 heterocycles. The average Bonchev–Trinajstić information content (AvgIpc) is 3.42. The van der Waals surface area contributed by atoms with Gasteiger partial charge in [-0.25, -0.2) is 9.97 Å². The van der Waals surface area contributed by atoms with Gasteiger partial charge in [-0.1, -0.05) is 84.9 Å². The SMILES string of the molecule is Cc1c2ccccc2n2c3ccccc3c3cnc(-c4ccccc4)nc3n3c4ccccc4c(C)c3c12. The summed E-state index contributed by atoms with van der Waals surface area (Å²) in [6, 6.07) is 36.2. The molecule has 0 saturated carbocycles. The number of para-hydroxylation sites is 3. The normalized spacial score (nSPS) is 11.9. The Labute approximate surface area is 219 Å². The molecule has 0 amide bonds. The van der Waals surface area contributed by atoms with E-state index in [-0.39, 0.29) is 0 Å². The minimum Gasteiger partial charge on any atom is -0.307 e. The highest BCUT2D eigenvalue weighted by Gasteiger charge is 2.20. The summed E-state index contributed by atoms with van der Waals surface area (Å²) >= 11 is 0. The maximum atomic E-state index is 5.29. The van der Waals surface area contributed by atoms with Crippen LogP contribution in [-0.2, 0) is 0 Å². The molecule has 38 heavy (non-hydrogen) atoms. The fraction of sp³-hybridized carbons (Fsp3) is 0.0588. The van der Waals surface area contributed by atoms with Crippen molar-refractivity contribution in [2.75, 3.05) is 0 Å². The summed E-state index contributed by atoms with van der Waals surface area (Å²) in [4.78, 5) is 10.2. The highest BCUT2D eigenvalue weighted by Crippen LogP contribution is 2.38. The van der Waals surface area contributed by atoms with Crippen LogP contribution >= 0.6 is 0 Å². The van der Waals surface area contributed by atoms with Gasteiger partial charge in [-0.3, -0.25) is 4.40 Å². The first-order valence-corrected chi connectivity index (χ1v) is 13.0. The molecule has 0 atom stereocenters. The van der Waals surface area contributed by atoms with E-state index in [4.69, 9.17) is 9.97 Å². The Hall–Kier alpha value is -4.96. The summed E-state index contributed by atoms with van der Waals surface area (Å²) in [5.74, 6) is 0.723. The Morgan fingerprint density at radius 2 is 1.00 bits per heavy atom. The van der Waals surface area contributed by atoms with Crippen LogP contribution in [0, 0.1) is 13.8 Å². The molecule has 0 aliphatic carbocycles. The van der Waals surface area contributed by atoms with Crippen LogP contribution in [0.15, 0.2) is 109 Å². The molecule has 0 bridgehead atoms. The highest BCUT2D eigenvalue weighted by molar-refractivity contribution is 6.12. The molecule has 0 spiro atoms. The molecule has 4 heteroatoms. The maximum Gasteiger partial charge on any atom is 0.161 e. The van der Waals surface area contributed by atoms with Crippen molar-refractivity contribution in [1.29, 1.82) is 0 Å². The molecule has 4 aromatic heterocycles. The second kappa shape index (κ2) is 7.77. The lowest BCUT2D eigenvalue weighted by Crippen LogP contribution is -1.98. The van der Waals surface area contributed by atoms with E-state index in [1.165, 1.54) is 38.4 Å². The zero-order chi connectivity index (χ0) is 25.4. The molecule has 0 unspecified atom stereocenters. The summed E-state index contributed by atoms with van der Waals surface area (Å²) in [5.41, 5.74) is 10.3. The van der Waals surface area contributed by atoms with Crippen LogP contribution in [0.1, 0.15) is 11.1 Å². The second-order valence-electron chi connectivity index (χ2n) is 9.97. The molecule has 0 saturated heterocycles. The Kier molecular flexibility index (Phi) is 4.32. The lowest BCUT2D eigenvalue weighted by Gasteiger charge is -2.11. The maximum absolute atomic E-state index is 5.29. The molecule has 0 aliphatic rings. The summed E-state index contributed by atoms with van der Waals surface area (Å²) < 4.78 is 4.80. The fourth-order valence-electron chi connectivity index (χ4n) is 6.20. The van der Waals surface area contributed by atoms with E-state index in [0.29, 0.717) is 0 Å². The number of nitrogens with zero attached hydrogens (tertiary/aromatic N) is 4. The molecular weight excluding hydrogens is 464 g/mol. The van der Waals surface area contributed by atoms with Crippen molar-refractivity contribution >= 4 is 54.8 Å². The molecular formula is C34H24N4. The summed E-state index contributed by atoms with van der Waals surface area (Å²) in [6.07, 6.45) is 2.00. The van der Waals surface area contributed by atoms with E-state index in [0.717, 1.165) is 38.8 Å². The lowest BCUT2D eigenvalue weighted by atomic mass is 10.1. The van der Waals surface area contributed by atoms with Crippen molar-refractivity contribution < 1.29 is 0 Å². The topological polar surface area (TPSA) is 34.6 Å². The predicted octanol–water partition coefficient (Wildman–Crippen LogP) is 8.44. The van der Waals surface area contributed by atoms with Gasteiger partial charge in [0.2, 0.25) is 0 Å². The number of benzene rings is 4. The smallest absolute Gasteiger partial charge is 0.161 e. The van der Waals surface area contributed by atoms with E-state index >= 15 is 0 Å².